The van der Waals surface area contributed by atoms with E-state index >= 15 is 0 Å². The van der Waals surface area contributed by atoms with E-state index in [9.17, 15) is 9.90 Å². The van der Waals surface area contributed by atoms with Crippen molar-refractivity contribution in [1.82, 2.24) is 4.90 Å². The van der Waals surface area contributed by atoms with Gasteiger partial charge in [0.2, 0.25) is 0 Å². The lowest BCUT2D eigenvalue weighted by Crippen LogP contribution is -2.41. The first-order chi connectivity index (χ1) is 9.13. The number of hydrogen-bond acceptors (Lipinski definition) is 3. The first-order valence-electron chi connectivity index (χ1n) is 7.22. The van der Waals surface area contributed by atoms with Crippen molar-refractivity contribution in [3.8, 4) is 0 Å². The Bertz CT molecular complexity index is 482. The van der Waals surface area contributed by atoms with Gasteiger partial charge in [0, 0.05) is 18.0 Å². The van der Waals surface area contributed by atoms with Gasteiger partial charge < -0.3 is 10.0 Å². The minimum atomic E-state index is -0.340. The maximum atomic E-state index is 12.5. The Morgan fingerprint density at radius 2 is 2.32 bits per heavy atom. The van der Waals surface area contributed by atoms with E-state index in [1.165, 1.54) is 16.9 Å². The third-order valence-electron chi connectivity index (χ3n) is 4.22. The Morgan fingerprint density at radius 3 is 3.11 bits per heavy atom. The number of carbonyl (C=O) groups excluding carboxylic acids is 1. The summed E-state index contributed by atoms with van der Waals surface area (Å²) in [6, 6.07) is 2.10. The number of amides is 1. The number of hydrogen-bond donors (Lipinski definition) is 1. The predicted molar refractivity (Wildman–Crippen MR) is 76.7 cm³/mol. The lowest BCUT2D eigenvalue weighted by Gasteiger charge is -2.29. The normalized spacial score (nSPS) is 27.2. The molecule has 104 valence electrons. The number of carbonyl (C=O) groups is 1. The lowest BCUT2D eigenvalue weighted by molar-refractivity contribution is 0.0477. The van der Waals surface area contributed by atoms with Crippen LogP contribution in [0.2, 0.25) is 0 Å². The van der Waals surface area contributed by atoms with Gasteiger partial charge in [-0.1, -0.05) is 6.92 Å². The number of thiophene rings is 1. The molecule has 3 rings (SSSR count). The van der Waals surface area contributed by atoms with Crippen molar-refractivity contribution in [2.45, 2.75) is 45.1 Å². The molecule has 1 N–H and O–H groups in total. The van der Waals surface area contributed by atoms with Crippen molar-refractivity contribution in [3.63, 3.8) is 0 Å². The predicted octanol–water partition coefficient (Wildman–Crippen LogP) is 2.47. The van der Waals surface area contributed by atoms with Gasteiger partial charge in [-0.2, -0.15) is 0 Å². The number of aliphatic hydroxyl groups is 1. The molecule has 2 atom stereocenters. The Hall–Kier alpha value is -0.870. The van der Waals surface area contributed by atoms with E-state index in [4.69, 9.17) is 0 Å². The van der Waals surface area contributed by atoms with Gasteiger partial charge >= 0.3 is 0 Å². The fourth-order valence-electron chi connectivity index (χ4n) is 3.11. The summed E-state index contributed by atoms with van der Waals surface area (Å²) in [6.07, 6.45) is 4.87. The quantitative estimate of drug-likeness (QED) is 0.858. The number of nitrogens with zero attached hydrogens (tertiary/aromatic N) is 1. The molecule has 2 heterocycles. The molecule has 0 spiro atoms. The molecule has 1 unspecified atom stereocenters. The van der Waals surface area contributed by atoms with Crippen molar-refractivity contribution >= 4 is 17.2 Å². The Labute approximate surface area is 118 Å². The number of piperidine rings is 1. The van der Waals surface area contributed by atoms with Gasteiger partial charge in [-0.25, -0.2) is 0 Å². The van der Waals surface area contributed by atoms with E-state index in [0.29, 0.717) is 6.54 Å². The summed E-state index contributed by atoms with van der Waals surface area (Å²) in [6.45, 7) is 3.57. The van der Waals surface area contributed by atoms with Crippen molar-refractivity contribution in [3.05, 3.63) is 21.4 Å². The highest BCUT2D eigenvalue weighted by Crippen LogP contribution is 2.33. The third-order valence-corrected chi connectivity index (χ3v) is 5.45. The first-order valence-corrected chi connectivity index (χ1v) is 8.04. The van der Waals surface area contributed by atoms with Crippen LogP contribution >= 0.6 is 11.3 Å². The van der Waals surface area contributed by atoms with Crippen LogP contribution in [0.15, 0.2) is 6.07 Å². The number of aliphatic hydroxyl groups excluding tert-OH is 1. The Kier molecular flexibility index (Phi) is 3.63. The van der Waals surface area contributed by atoms with E-state index in [2.05, 4.69) is 13.0 Å². The van der Waals surface area contributed by atoms with E-state index in [1.807, 2.05) is 4.90 Å². The second-order valence-electron chi connectivity index (χ2n) is 5.95. The summed E-state index contributed by atoms with van der Waals surface area (Å²) in [5, 5.41) is 9.68. The summed E-state index contributed by atoms with van der Waals surface area (Å²) < 4.78 is 0. The minimum Gasteiger partial charge on any atom is -0.391 e. The number of β-amino-alcohol motifs (C(OH)–C–C–N with tert-alkyl or cyclic N) is 1. The smallest absolute Gasteiger partial charge is 0.264 e. The highest BCUT2D eigenvalue weighted by Gasteiger charge is 2.26. The first kappa shape index (κ1) is 13.1. The summed E-state index contributed by atoms with van der Waals surface area (Å²) in [4.78, 5) is 16.6. The Morgan fingerprint density at radius 1 is 1.47 bits per heavy atom. The second-order valence-corrected chi connectivity index (χ2v) is 7.09. The molecule has 4 heteroatoms. The van der Waals surface area contributed by atoms with Gasteiger partial charge in [-0.3, -0.25) is 4.79 Å². The monoisotopic (exact) mass is 279 g/mol. The number of likely N-dealkylation sites (tertiary alicyclic amines) is 1. The van der Waals surface area contributed by atoms with Crippen LogP contribution in [0.4, 0.5) is 0 Å². The Balaban J connectivity index is 1.77. The van der Waals surface area contributed by atoms with Crippen LogP contribution in [0.1, 0.15) is 46.3 Å². The topological polar surface area (TPSA) is 40.5 Å². The molecule has 1 aliphatic heterocycles. The van der Waals surface area contributed by atoms with Crippen LogP contribution in [-0.2, 0) is 12.8 Å². The molecule has 0 radical (unpaired) electrons. The molecule has 0 bridgehead atoms. The van der Waals surface area contributed by atoms with Crippen LogP contribution in [0.5, 0.6) is 0 Å². The molecule has 1 amide bonds. The summed E-state index contributed by atoms with van der Waals surface area (Å²) in [7, 11) is 0. The third kappa shape index (κ3) is 2.70. The van der Waals surface area contributed by atoms with E-state index in [1.54, 1.807) is 11.3 Å². The molecule has 1 aromatic heterocycles. The van der Waals surface area contributed by atoms with Crippen LogP contribution in [-0.4, -0.2) is 35.1 Å². The van der Waals surface area contributed by atoms with Crippen molar-refractivity contribution < 1.29 is 9.90 Å². The summed E-state index contributed by atoms with van der Waals surface area (Å²) >= 11 is 1.67. The highest BCUT2D eigenvalue weighted by molar-refractivity contribution is 7.14. The standard InChI is InChI=1S/C15H21NO2S/c1-10-4-5-13-11(7-10)8-14(19-13)15(18)16-6-2-3-12(17)9-16/h8,10,12,17H,2-7,9H2,1H3/t10?,12-/m0/s1. The number of rotatable bonds is 1. The van der Waals surface area contributed by atoms with E-state index in [-0.39, 0.29) is 12.0 Å². The van der Waals surface area contributed by atoms with Crippen molar-refractivity contribution in [2.24, 2.45) is 5.92 Å². The van der Waals surface area contributed by atoms with Crippen molar-refractivity contribution in [1.29, 1.82) is 0 Å². The van der Waals surface area contributed by atoms with Gasteiger partial charge in [-0.15, -0.1) is 11.3 Å². The summed E-state index contributed by atoms with van der Waals surface area (Å²) in [5.74, 6) is 0.854. The zero-order valence-corrected chi connectivity index (χ0v) is 12.2. The van der Waals surface area contributed by atoms with Gasteiger partial charge in [-0.05, 0) is 49.7 Å². The average Bonchev–Trinajstić information content (AvgIpc) is 2.80. The SMILES string of the molecule is CC1CCc2sc(C(=O)N3CCC[C@H](O)C3)cc2C1. The van der Waals surface area contributed by atoms with Gasteiger partial charge in [0.1, 0.15) is 0 Å². The maximum absolute atomic E-state index is 12.5. The molecule has 19 heavy (non-hydrogen) atoms. The molecular formula is C15H21NO2S. The lowest BCUT2D eigenvalue weighted by atomic mass is 9.90. The zero-order valence-electron chi connectivity index (χ0n) is 11.4. The molecule has 0 aromatic carbocycles. The van der Waals surface area contributed by atoms with E-state index < -0.39 is 0 Å². The molecule has 1 aliphatic carbocycles. The fraction of sp³-hybridized carbons (Fsp3) is 0.667. The van der Waals surface area contributed by atoms with Crippen LogP contribution < -0.4 is 0 Å². The van der Waals surface area contributed by atoms with Gasteiger partial charge in [0.25, 0.3) is 5.91 Å². The average molecular weight is 279 g/mol. The largest absolute Gasteiger partial charge is 0.391 e. The minimum absolute atomic E-state index is 0.116. The molecule has 1 fully saturated rings. The molecule has 0 saturated carbocycles. The molecule has 3 nitrogen and oxygen atoms in total. The molecule has 1 saturated heterocycles. The maximum Gasteiger partial charge on any atom is 0.264 e. The second kappa shape index (κ2) is 5.25. The molecular weight excluding hydrogens is 258 g/mol. The fourth-order valence-corrected chi connectivity index (χ4v) is 4.28. The van der Waals surface area contributed by atoms with Gasteiger partial charge in [0.05, 0.1) is 11.0 Å². The van der Waals surface area contributed by atoms with Crippen LogP contribution in [0.3, 0.4) is 0 Å². The molecule has 2 aliphatic rings. The molecule has 1 aromatic rings. The van der Waals surface area contributed by atoms with E-state index in [0.717, 1.165) is 43.0 Å². The van der Waals surface area contributed by atoms with Gasteiger partial charge in [0.15, 0.2) is 0 Å². The van der Waals surface area contributed by atoms with Crippen LogP contribution in [0, 0.1) is 5.92 Å². The van der Waals surface area contributed by atoms with Crippen LogP contribution in [0.25, 0.3) is 0 Å². The van der Waals surface area contributed by atoms with Crippen molar-refractivity contribution in [2.75, 3.05) is 13.1 Å². The number of aryl methyl sites for hydroxylation is 1. The number of fused-ring (bicyclic) bond motifs is 1. The zero-order chi connectivity index (χ0) is 13.4. The summed E-state index contributed by atoms with van der Waals surface area (Å²) in [5.41, 5.74) is 1.38. The highest BCUT2D eigenvalue weighted by atomic mass is 32.1.